The normalized spacial score (nSPS) is 11.2. The molecule has 0 aromatic heterocycles. The van der Waals surface area contributed by atoms with Gasteiger partial charge in [0.2, 0.25) is 0 Å². The Morgan fingerprint density at radius 2 is 0.500 bits per heavy atom. The van der Waals surface area contributed by atoms with Gasteiger partial charge in [0.15, 0.2) is 0 Å². The molecule has 0 N–H and O–H groups in total. The summed E-state index contributed by atoms with van der Waals surface area (Å²) in [6.45, 7) is 0. The third-order valence-corrected chi connectivity index (χ3v) is 9.83. The minimum Gasteiger partial charge on any atom is -0.0622 e. The van der Waals surface area contributed by atoms with Gasteiger partial charge in [0, 0.05) is 0 Å². The van der Waals surface area contributed by atoms with E-state index in [9.17, 15) is 0 Å². The van der Waals surface area contributed by atoms with Gasteiger partial charge in [0.25, 0.3) is 0 Å². The van der Waals surface area contributed by atoms with Gasteiger partial charge in [0.05, 0.1) is 0 Å². The highest BCUT2D eigenvalue weighted by molar-refractivity contribution is 6.18. The van der Waals surface area contributed by atoms with E-state index in [2.05, 4.69) is 206 Å². The third-order valence-electron chi connectivity index (χ3n) is 9.83. The summed E-state index contributed by atoms with van der Waals surface area (Å²) >= 11 is 0. The summed E-state index contributed by atoms with van der Waals surface area (Å²) in [4.78, 5) is 0. The number of rotatable bonds is 6. The average Bonchev–Trinajstić information content (AvgIpc) is 3.20. The van der Waals surface area contributed by atoms with Crippen LogP contribution in [0.2, 0.25) is 0 Å². The maximum absolute atomic E-state index is 2.39. The average molecular weight is 635 g/mol. The molecule has 0 saturated carbocycles. The first-order chi connectivity index (χ1) is 24.8. The highest BCUT2D eigenvalue weighted by Gasteiger charge is 2.29. The zero-order chi connectivity index (χ0) is 33.3. The summed E-state index contributed by atoms with van der Waals surface area (Å²) in [5, 5.41) is 4.96. The van der Waals surface area contributed by atoms with Gasteiger partial charge in [-0.05, 0) is 100 Å². The molecule has 50 heavy (non-hydrogen) atoms. The van der Waals surface area contributed by atoms with Crippen molar-refractivity contribution in [2.24, 2.45) is 0 Å². The molecule has 0 nitrogen and oxygen atoms in total. The Kier molecular flexibility index (Phi) is 7.61. The lowest BCUT2D eigenvalue weighted by atomic mass is 9.73. The van der Waals surface area contributed by atoms with Crippen LogP contribution in [0, 0.1) is 0 Å². The summed E-state index contributed by atoms with van der Waals surface area (Å²) in [7, 11) is 0. The molecule has 0 aliphatic carbocycles. The van der Waals surface area contributed by atoms with Crippen LogP contribution < -0.4 is 0 Å². The zero-order valence-electron chi connectivity index (χ0n) is 27.6. The standard InChI is InChI=1S/C50H34/c1-6-19-35(20-7-1)45-46(36-21-8-2-9-22-36)48(38-25-12-4-13-26-38)50(43-32-18-31-42-33-40-29-16-17-30-41(40)34-44(42)43)49(39-27-14-5-15-28-39)47(45)37-23-10-3-11-24-37/h1-34H. The van der Waals surface area contributed by atoms with E-state index in [1.54, 1.807) is 0 Å². The van der Waals surface area contributed by atoms with E-state index in [-0.39, 0.29) is 0 Å². The second-order valence-electron chi connectivity index (χ2n) is 12.8. The van der Waals surface area contributed by atoms with Crippen molar-refractivity contribution in [2.45, 2.75) is 0 Å². The molecule has 0 radical (unpaired) electrons. The molecule has 0 aliphatic rings. The third kappa shape index (κ3) is 5.19. The van der Waals surface area contributed by atoms with Gasteiger partial charge in [-0.25, -0.2) is 0 Å². The molecule has 9 aromatic carbocycles. The molecule has 0 spiro atoms. The monoisotopic (exact) mass is 634 g/mol. The van der Waals surface area contributed by atoms with Gasteiger partial charge in [-0.1, -0.05) is 194 Å². The first-order valence-corrected chi connectivity index (χ1v) is 17.3. The summed E-state index contributed by atoms with van der Waals surface area (Å²) in [6, 6.07) is 75.1. The van der Waals surface area contributed by atoms with E-state index in [0.717, 1.165) is 0 Å². The lowest BCUT2D eigenvalue weighted by Crippen LogP contribution is -2.02. The Morgan fingerprint density at radius 3 is 0.880 bits per heavy atom. The van der Waals surface area contributed by atoms with Crippen LogP contribution in [0.4, 0.5) is 0 Å². The number of hydrogen-bond acceptors (Lipinski definition) is 0. The number of fused-ring (bicyclic) bond motifs is 2. The molecule has 0 heteroatoms. The molecule has 0 amide bonds. The minimum atomic E-state index is 1.19. The van der Waals surface area contributed by atoms with E-state index in [1.165, 1.54) is 88.3 Å². The Morgan fingerprint density at radius 1 is 0.200 bits per heavy atom. The number of benzene rings is 9. The van der Waals surface area contributed by atoms with E-state index >= 15 is 0 Å². The van der Waals surface area contributed by atoms with Crippen LogP contribution in [-0.2, 0) is 0 Å². The predicted octanol–water partition coefficient (Wildman–Crippen LogP) is 14.0. The molecule has 0 bridgehead atoms. The van der Waals surface area contributed by atoms with Crippen LogP contribution in [-0.4, -0.2) is 0 Å². The van der Waals surface area contributed by atoms with Crippen LogP contribution in [0.3, 0.4) is 0 Å². The van der Waals surface area contributed by atoms with Crippen molar-refractivity contribution in [2.75, 3.05) is 0 Å². The molecule has 234 valence electrons. The fraction of sp³-hybridized carbons (Fsp3) is 0. The zero-order valence-corrected chi connectivity index (χ0v) is 27.6. The largest absolute Gasteiger partial charge is 0.0622 e. The van der Waals surface area contributed by atoms with Crippen LogP contribution in [0.1, 0.15) is 0 Å². The summed E-state index contributed by atoms with van der Waals surface area (Å²) in [6.07, 6.45) is 0. The Bertz CT molecular complexity index is 2480. The van der Waals surface area contributed by atoms with E-state index in [1.807, 2.05) is 0 Å². The number of hydrogen-bond donors (Lipinski definition) is 0. The van der Waals surface area contributed by atoms with Crippen molar-refractivity contribution in [1.29, 1.82) is 0 Å². The first kappa shape index (κ1) is 29.6. The maximum Gasteiger partial charge on any atom is -0.000763 e. The Labute approximate surface area is 293 Å². The van der Waals surface area contributed by atoms with Crippen LogP contribution in [0.15, 0.2) is 206 Å². The molecule has 0 atom stereocenters. The molecular formula is C50H34. The first-order valence-electron chi connectivity index (χ1n) is 17.3. The van der Waals surface area contributed by atoms with Crippen molar-refractivity contribution in [3.05, 3.63) is 206 Å². The molecule has 0 saturated heterocycles. The van der Waals surface area contributed by atoms with Gasteiger partial charge in [-0.15, -0.1) is 0 Å². The highest BCUT2D eigenvalue weighted by atomic mass is 14.3. The smallest absolute Gasteiger partial charge is 0.000763 e. The van der Waals surface area contributed by atoms with Crippen molar-refractivity contribution in [1.82, 2.24) is 0 Å². The predicted molar refractivity (Wildman–Crippen MR) is 214 cm³/mol. The van der Waals surface area contributed by atoms with Crippen molar-refractivity contribution in [3.8, 4) is 66.8 Å². The molecule has 0 unspecified atom stereocenters. The second kappa shape index (κ2) is 12.8. The maximum atomic E-state index is 2.39. The molecule has 9 rings (SSSR count). The molecule has 0 aliphatic heterocycles. The fourth-order valence-electron chi connectivity index (χ4n) is 7.67. The van der Waals surface area contributed by atoms with Crippen LogP contribution >= 0.6 is 0 Å². The lowest BCUT2D eigenvalue weighted by molar-refractivity contribution is 1.52. The van der Waals surface area contributed by atoms with Gasteiger partial charge in [-0.2, -0.15) is 0 Å². The lowest BCUT2D eigenvalue weighted by Gasteiger charge is -2.29. The van der Waals surface area contributed by atoms with E-state index in [4.69, 9.17) is 0 Å². The molecule has 0 heterocycles. The van der Waals surface area contributed by atoms with Crippen molar-refractivity contribution in [3.63, 3.8) is 0 Å². The summed E-state index contributed by atoms with van der Waals surface area (Å²) in [5.74, 6) is 0. The summed E-state index contributed by atoms with van der Waals surface area (Å²) in [5.41, 5.74) is 14.6. The van der Waals surface area contributed by atoms with Crippen molar-refractivity contribution >= 4 is 21.5 Å². The fourth-order valence-corrected chi connectivity index (χ4v) is 7.67. The molecule has 0 fully saturated rings. The highest BCUT2D eigenvalue weighted by Crippen LogP contribution is 2.56. The van der Waals surface area contributed by atoms with Gasteiger partial charge < -0.3 is 0 Å². The Balaban J connectivity index is 1.60. The van der Waals surface area contributed by atoms with Crippen LogP contribution in [0.5, 0.6) is 0 Å². The van der Waals surface area contributed by atoms with Crippen molar-refractivity contribution < 1.29 is 0 Å². The van der Waals surface area contributed by atoms with E-state index in [0.29, 0.717) is 0 Å². The van der Waals surface area contributed by atoms with Gasteiger partial charge in [-0.3, -0.25) is 0 Å². The second-order valence-corrected chi connectivity index (χ2v) is 12.8. The topological polar surface area (TPSA) is 0 Å². The van der Waals surface area contributed by atoms with Gasteiger partial charge in [0.1, 0.15) is 0 Å². The summed E-state index contributed by atoms with van der Waals surface area (Å²) < 4.78 is 0. The molecular weight excluding hydrogens is 601 g/mol. The quantitative estimate of drug-likeness (QED) is 0.160. The Hall–Kier alpha value is -6.50. The van der Waals surface area contributed by atoms with E-state index < -0.39 is 0 Å². The van der Waals surface area contributed by atoms with Gasteiger partial charge >= 0.3 is 0 Å². The van der Waals surface area contributed by atoms with Crippen LogP contribution in [0.25, 0.3) is 88.3 Å². The molecule has 9 aromatic rings. The SMILES string of the molecule is c1ccc(-c2c(-c3ccccc3)c(-c3ccccc3)c(-c3cccc4cc5ccccc5cc34)c(-c3ccccc3)c2-c2ccccc2)cc1. The minimum absolute atomic E-state index is 1.19.